The number of nitrogens with zero attached hydrogens (tertiary/aromatic N) is 1. The minimum atomic E-state index is -3.77. The number of hydrazone groups is 1. The third-order valence-corrected chi connectivity index (χ3v) is 5.20. The zero-order chi connectivity index (χ0) is 19.3. The van der Waals surface area contributed by atoms with Crippen LogP contribution in [0.2, 0.25) is 5.02 Å². The summed E-state index contributed by atoms with van der Waals surface area (Å²) >= 11 is 9.19. The number of sulfonamides is 1. The molecule has 0 aliphatic carbocycles. The van der Waals surface area contributed by atoms with Crippen LogP contribution in [0.25, 0.3) is 0 Å². The number of hydrogen-bond acceptors (Lipinski definition) is 5. The largest absolute Gasteiger partial charge is 0.493 e. The summed E-state index contributed by atoms with van der Waals surface area (Å²) in [6.07, 6.45) is 1.35. The number of ether oxygens (including phenoxy) is 2. The number of hydrogen-bond donors (Lipinski definition) is 1. The fourth-order valence-electron chi connectivity index (χ4n) is 2.00. The van der Waals surface area contributed by atoms with Gasteiger partial charge in [-0.3, -0.25) is 0 Å². The summed E-state index contributed by atoms with van der Waals surface area (Å²) in [6, 6.07) is 9.24. The summed E-state index contributed by atoms with van der Waals surface area (Å²) < 4.78 is 36.1. The van der Waals surface area contributed by atoms with E-state index >= 15 is 0 Å². The van der Waals surface area contributed by atoms with Crippen LogP contribution in [0.5, 0.6) is 11.5 Å². The molecule has 0 aliphatic rings. The maximum atomic E-state index is 12.2. The van der Waals surface area contributed by atoms with Gasteiger partial charge >= 0.3 is 0 Å². The van der Waals surface area contributed by atoms with Crippen molar-refractivity contribution in [3.05, 3.63) is 51.5 Å². The first kappa shape index (κ1) is 20.5. The molecule has 6 nitrogen and oxygen atoms in total. The van der Waals surface area contributed by atoms with E-state index in [-0.39, 0.29) is 11.0 Å². The van der Waals surface area contributed by atoms with Crippen molar-refractivity contribution in [3.63, 3.8) is 0 Å². The lowest BCUT2D eigenvalue weighted by molar-refractivity contribution is 0.228. The molecule has 0 saturated carbocycles. The van der Waals surface area contributed by atoms with Crippen LogP contribution in [0.3, 0.4) is 0 Å². The van der Waals surface area contributed by atoms with Crippen LogP contribution in [0.15, 0.2) is 50.9 Å². The van der Waals surface area contributed by atoms with Crippen molar-refractivity contribution in [1.29, 1.82) is 0 Å². The van der Waals surface area contributed by atoms with Crippen LogP contribution in [0, 0.1) is 0 Å². The molecule has 0 bridgehead atoms. The Morgan fingerprint density at radius 3 is 2.46 bits per heavy atom. The minimum absolute atomic E-state index is 0.0223. The Morgan fingerprint density at radius 2 is 1.88 bits per heavy atom. The number of rotatable bonds is 7. The van der Waals surface area contributed by atoms with Gasteiger partial charge in [0.1, 0.15) is 0 Å². The third-order valence-electron chi connectivity index (χ3n) is 3.12. The van der Waals surface area contributed by atoms with Gasteiger partial charge in [-0.05, 0) is 71.7 Å². The number of methoxy groups -OCH3 is 1. The Kier molecular flexibility index (Phi) is 6.91. The smallest absolute Gasteiger partial charge is 0.276 e. The van der Waals surface area contributed by atoms with E-state index in [9.17, 15) is 8.42 Å². The molecule has 0 heterocycles. The predicted molar refractivity (Wildman–Crippen MR) is 106 cm³/mol. The van der Waals surface area contributed by atoms with E-state index in [1.54, 1.807) is 12.1 Å². The highest BCUT2D eigenvalue weighted by Gasteiger charge is 2.14. The second-order valence-corrected chi connectivity index (χ2v) is 8.46. The third kappa shape index (κ3) is 5.36. The van der Waals surface area contributed by atoms with Gasteiger partial charge in [-0.1, -0.05) is 11.6 Å². The molecule has 2 aromatic rings. The average Bonchev–Trinajstić information content (AvgIpc) is 2.57. The standard InChI is InChI=1S/C17H18BrClN2O4S/c1-11(2)25-17-15(18)8-12(9-16(17)24-3)10-20-21-26(22,23)14-6-4-13(19)5-7-14/h4-11,21H,1-3H3. The van der Waals surface area contributed by atoms with Gasteiger partial charge < -0.3 is 9.47 Å². The van der Waals surface area contributed by atoms with Crippen LogP contribution in [0.1, 0.15) is 19.4 Å². The first-order valence-electron chi connectivity index (χ1n) is 7.57. The number of benzene rings is 2. The van der Waals surface area contributed by atoms with Gasteiger partial charge in [0.2, 0.25) is 0 Å². The zero-order valence-corrected chi connectivity index (χ0v) is 17.5. The maximum absolute atomic E-state index is 12.2. The van der Waals surface area contributed by atoms with Gasteiger partial charge in [0.25, 0.3) is 10.0 Å². The molecule has 0 atom stereocenters. The lowest BCUT2D eigenvalue weighted by Gasteiger charge is -2.15. The van der Waals surface area contributed by atoms with Crippen LogP contribution in [-0.2, 0) is 10.0 Å². The molecule has 0 aromatic heterocycles. The second kappa shape index (κ2) is 8.75. The lowest BCUT2D eigenvalue weighted by atomic mass is 10.2. The van der Waals surface area contributed by atoms with Crippen molar-refractivity contribution in [3.8, 4) is 11.5 Å². The van der Waals surface area contributed by atoms with Crippen LogP contribution < -0.4 is 14.3 Å². The molecule has 1 N–H and O–H groups in total. The fourth-order valence-corrected chi connectivity index (χ4v) is 3.47. The topological polar surface area (TPSA) is 77.0 Å². The number of nitrogens with one attached hydrogen (secondary N) is 1. The van der Waals surface area contributed by atoms with Crippen LogP contribution >= 0.6 is 27.5 Å². The van der Waals surface area contributed by atoms with Gasteiger partial charge in [0.15, 0.2) is 11.5 Å². The molecule has 2 rings (SSSR count). The zero-order valence-electron chi connectivity index (χ0n) is 14.4. The molecule has 140 valence electrons. The van der Waals surface area contributed by atoms with E-state index in [1.807, 2.05) is 13.8 Å². The van der Waals surface area contributed by atoms with Crippen molar-refractivity contribution >= 4 is 43.8 Å². The molecule has 0 radical (unpaired) electrons. The SMILES string of the molecule is COc1cc(C=NNS(=O)(=O)c2ccc(Cl)cc2)cc(Br)c1OC(C)C. The normalized spacial score (nSPS) is 11.8. The average molecular weight is 462 g/mol. The summed E-state index contributed by atoms with van der Waals surface area (Å²) in [5.41, 5.74) is 0.628. The summed E-state index contributed by atoms with van der Waals surface area (Å²) in [4.78, 5) is 2.23. The molecule has 26 heavy (non-hydrogen) atoms. The fraction of sp³-hybridized carbons (Fsp3) is 0.235. The second-order valence-electron chi connectivity index (χ2n) is 5.51. The van der Waals surface area contributed by atoms with Gasteiger partial charge in [-0.2, -0.15) is 13.5 Å². The van der Waals surface area contributed by atoms with Crippen LogP contribution in [-0.4, -0.2) is 27.8 Å². The molecule has 0 amide bonds. The lowest BCUT2D eigenvalue weighted by Crippen LogP contribution is -2.18. The van der Waals surface area contributed by atoms with E-state index in [0.717, 1.165) is 0 Å². The molecule has 0 unspecified atom stereocenters. The molecule has 0 aliphatic heterocycles. The van der Waals surface area contributed by atoms with E-state index in [0.29, 0.717) is 26.6 Å². The molecular formula is C17H18BrClN2O4S. The van der Waals surface area contributed by atoms with Crippen molar-refractivity contribution in [2.24, 2.45) is 5.10 Å². The Hall–Kier alpha value is -1.77. The predicted octanol–water partition coefficient (Wildman–Crippen LogP) is 4.21. The summed E-state index contributed by atoms with van der Waals surface area (Å²) in [7, 11) is -2.24. The van der Waals surface area contributed by atoms with Crippen molar-refractivity contribution < 1.29 is 17.9 Å². The monoisotopic (exact) mass is 460 g/mol. The molecule has 0 fully saturated rings. The van der Waals surface area contributed by atoms with Crippen molar-refractivity contribution in [2.45, 2.75) is 24.8 Å². The Labute approximate surface area is 166 Å². The first-order chi connectivity index (χ1) is 12.2. The van der Waals surface area contributed by atoms with Gasteiger partial charge in [0, 0.05) is 5.02 Å². The molecular weight excluding hydrogens is 444 g/mol. The molecule has 0 spiro atoms. The summed E-state index contributed by atoms with van der Waals surface area (Å²) in [5, 5.41) is 4.26. The number of halogens is 2. The molecule has 9 heteroatoms. The van der Waals surface area contributed by atoms with E-state index in [4.69, 9.17) is 21.1 Å². The van der Waals surface area contributed by atoms with E-state index in [2.05, 4.69) is 25.9 Å². The Morgan fingerprint density at radius 1 is 1.23 bits per heavy atom. The van der Waals surface area contributed by atoms with Crippen LogP contribution in [0.4, 0.5) is 0 Å². The van der Waals surface area contributed by atoms with Gasteiger partial charge in [-0.25, -0.2) is 4.83 Å². The van der Waals surface area contributed by atoms with Gasteiger partial charge in [0.05, 0.1) is 28.8 Å². The summed E-state index contributed by atoms with van der Waals surface area (Å²) in [6.45, 7) is 3.82. The highest BCUT2D eigenvalue weighted by Crippen LogP contribution is 2.36. The van der Waals surface area contributed by atoms with Gasteiger partial charge in [-0.15, -0.1) is 0 Å². The molecule has 2 aromatic carbocycles. The van der Waals surface area contributed by atoms with Crippen molar-refractivity contribution in [2.75, 3.05) is 7.11 Å². The quantitative estimate of drug-likeness (QED) is 0.495. The van der Waals surface area contributed by atoms with E-state index < -0.39 is 10.0 Å². The Bertz CT molecular complexity index is 900. The highest BCUT2D eigenvalue weighted by atomic mass is 79.9. The first-order valence-corrected chi connectivity index (χ1v) is 10.2. The summed E-state index contributed by atoms with van der Waals surface area (Å²) in [5.74, 6) is 1.08. The van der Waals surface area contributed by atoms with Crippen molar-refractivity contribution in [1.82, 2.24) is 4.83 Å². The van der Waals surface area contributed by atoms with E-state index in [1.165, 1.54) is 37.6 Å². The highest BCUT2D eigenvalue weighted by molar-refractivity contribution is 9.10. The molecule has 0 saturated heterocycles. The minimum Gasteiger partial charge on any atom is -0.493 e. The Balaban J connectivity index is 2.20. The maximum Gasteiger partial charge on any atom is 0.276 e.